The first-order valence-corrected chi connectivity index (χ1v) is 5.98. The number of nitrogens with one attached hydrogen (secondary N) is 1. The molecule has 6 heteroatoms. The first-order chi connectivity index (χ1) is 7.69. The van der Waals surface area contributed by atoms with Crippen molar-refractivity contribution in [2.45, 2.75) is 0 Å². The lowest BCUT2D eigenvalue weighted by atomic mass is 10.2. The monoisotopic (exact) mass is 298 g/mol. The van der Waals surface area contributed by atoms with Crippen LogP contribution in [0.25, 0.3) is 6.08 Å². The number of benzene rings is 1. The molecule has 1 heterocycles. The fourth-order valence-electron chi connectivity index (χ4n) is 1.19. The largest absolute Gasteiger partial charge is 0.409 e. The maximum Gasteiger partial charge on any atom is 0.264 e. The van der Waals surface area contributed by atoms with Crippen LogP contribution < -0.4 is 5.32 Å². The average Bonchev–Trinajstić information content (AvgIpc) is 2.63. The molecule has 0 aliphatic carbocycles. The summed E-state index contributed by atoms with van der Waals surface area (Å²) in [7, 11) is 0. The van der Waals surface area contributed by atoms with Crippen molar-refractivity contribution in [3.63, 3.8) is 0 Å². The molecule has 2 rings (SSSR count). The maximum absolute atomic E-state index is 11.4. The molecule has 1 fully saturated rings. The van der Waals surface area contributed by atoms with Gasteiger partial charge in [-0.05, 0) is 35.5 Å². The summed E-state index contributed by atoms with van der Waals surface area (Å²) in [5.74, 6) is -0.249. The highest BCUT2D eigenvalue weighted by Gasteiger charge is 2.23. The lowest BCUT2D eigenvalue weighted by molar-refractivity contribution is -0.115. The van der Waals surface area contributed by atoms with Crippen LogP contribution in [-0.2, 0) is 4.79 Å². The Kier molecular flexibility index (Phi) is 3.31. The number of hydrogen-bond donors (Lipinski definition) is 2. The van der Waals surface area contributed by atoms with Gasteiger partial charge in [-0.2, -0.15) is 0 Å². The van der Waals surface area contributed by atoms with Gasteiger partial charge in [-0.1, -0.05) is 33.2 Å². The second-order valence-electron chi connectivity index (χ2n) is 3.02. The van der Waals surface area contributed by atoms with Crippen molar-refractivity contribution in [3.8, 4) is 0 Å². The number of nitrogens with zero attached hydrogens (tertiary/aromatic N) is 1. The van der Waals surface area contributed by atoms with Crippen molar-refractivity contribution in [3.05, 3.63) is 39.2 Å². The summed E-state index contributed by atoms with van der Waals surface area (Å²) in [6, 6.07) is 7.56. The Morgan fingerprint density at radius 3 is 2.62 bits per heavy atom. The summed E-state index contributed by atoms with van der Waals surface area (Å²) in [5, 5.41) is 14.1. The molecule has 4 nitrogen and oxygen atoms in total. The molecule has 0 saturated carbocycles. The normalized spacial score (nSPS) is 20.4. The Hall–Kier alpha value is -1.27. The summed E-state index contributed by atoms with van der Waals surface area (Å²) in [6.07, 6.45) is 1.74. The Morgan fingerprint density at radius 1 is 1.38 bits per heavy atom. The predicted octanol–water partition coefficient (Wildman–Crippen LogP) is 2.40. The zero-order valence-electron chi connectivity index (χ0n) is 7.98. The van der Waals surface area contributed by atoms with E-state index in [-0.39, 0.29) is 11.1 Å². The molecule has 0 radical (unpaired) electrons. The van der Waals surface area contributed by atoms with E-state index in [0.29, 0.717) is 4.91 Å². The number of thioether (sulfide) groups is 1. The molecule has 0 atom stereocenters. The van der Waals surface area contributed by atoms with Gasteiger partial charge in [0.25, 0.3) is 5.91 Å². The Bertz CT molecular complexity index is 482. The lowest BCUT2D eigenvalue weighted by Gasteiger charge is -1.95. The fraction of sp³-hybridized carbons (Fsp3) is 0. The number of rotatable bonds is 1. The third-order valence-corrected chi connectivity index (χ3v) is 3.34. The molecule has 1 aromatic carbocycles. The number of carbonyl (C=O) groups is 1. The summed E-state index contributed by atoms with van der Waals surface area (Å²) in [4.78, 5) is 11.9. The van der Waals surface area contributed by atoms with E-state index in [9.17, 15) is 4.79 Å². The number of hydrogen-bond acceptors (Lipinski definition) is 4. The molecule has 1 aliphatic rings. The van der Waals surface area contributed by atoms with E-state index in [4.69, 9.17) is 5.21 Å². The zero-order valence-corrected chi connectivity index (χ0v) is 10.4. The molecule has 0 spiro atoms. The summed E-state index contributed by atoms with van der Waals surface area (Å²) in [5.41, 5.74) is 0.917. The highest BCUT2D eigenvalue weighted by atomic mass is 79.9. The van der Waals surface area contributed by atoms with Crippen molar-refractivity contribution in [1.82, 2.24) is 5.32 Å². The molecule has 2 N–H and O–H groups in total. The minimum Gasteiger partial charge on any atom is -0.409 e. The van der Waals surface area contributed by atoms with Crippen molar-refractivity contribution in [2.24, 2.45) is 5.16 Å². The van der Waals surface area contributed by atoms with Crippen LogP contribution in [0.2, 0.25) is 0 Å². The van der Waals surface area contributed by atoms with Crippen LogP contribution in [0.4, 0.5) is 0 Å². The molecule has 1 aromatic rings. The first kappa shape index (κ1) is 11.2. The minimum atomic E-state index is -0.249. The third-order valence-electron chi connectivity index (χ3n) is 1.91. The Balaban J connectivity index is 2.25. The highest BCUT2D eigenvalue weighted by Crippen LogP contribution is 2.25. The molecule has 1 amide bonds. The van der Waals surface area contributed by atoms with Crippen molar-refractivity contribution in [2.75, 3.05) is 0 Å². The van der Waals surface area contributed by atoms with Crippen LogP contribution in [0.1, 0.15) is 5.56 Å². The van der Waals surface area contributed by atoms with Gasteiger partial charge in [0.1, 0.15) is 0 Å². The van der Waals surface area contributed by atoms with Crippen LogP contribution in [-0.4, -0.2) is 16.3 Å². The fourth-order valence-corrected chi connectivity index (χ4v) is 2.18. The van der Waals surface area contributed by atoms with E-state index < -0.39 is 0 Å². The summed E-state index contributed by atoms with van der Waals surface area (Å²) < 4.78 is 0.982. The Labute approximate surface area is 105 Å². The number of halogens is 1. The third kappa shape index (κ3) is 2.45. The quantitative estimate of drug-likeness (QED) is 0.475. The van der Waals surface area contributed by atoms with Crippen molar-refractivity contribution >= 4 is 44.8 Å². The van der Waals surface area contributed by atoms with Gasteiger partial charge in [-0.15, -0.1) is 0 Å². The molecule has 0 aromatic heterocycles. The van der Waals surface area contributed by atoms with Crippen LogP contribution in [0.15, 0.2) is 38.8 Å². The van der Waals surface area contributed by atoms with Gasteiger partial charge in [0, 0.05) is 4.47 Å². The molecular weight excluding hydrogens is 292 g/mol. The zero-order chi connectivity index (χ0) is 11.5. The van der Waals surface area contributed by atoms with Crippen LogP contribution >= 0.6 is 27.7 Å². The van der Waals surface area contributed by atoms with Crippen molar-refractivity contribution in [1.29, 1.82) is 0 Å². The molecule has 16 heavy (non-hydrogen) atoms. The molecule has 82 valence electrons. The molecule has 0 bridgehead atoms. The average molecular weight is 299 g/mol. The lowest BCUT2D eigenvalue weighted by Crippen LogP contribution is -2.19. The number of amides is 1. The summed E-state index contributed by atoms with van der Waals surface area (Å²) in [6.45, 7) is 0. The van der Waals surface area contributed by atoms with E-state index in [2.05, 4.69) is 26.4 Å². The van der Waals surface area contributed by atoms with Gasteiger partial charge in [0.15, 0.2) is 0 Å². The second kappa shape index (κ2) is 4.71. The maximum atomic E-state index is 11.4. The van der Waals surface area contributed by atoms with Crippen LogP contribution in [0, 0.1) is 0 Å². The van der Waals surface area contributed by atoms with E-state index in [0.717, 1.165) is 21.8 Å². The molecule has 0 unspecified atom stereocenters. The SMILES string of the molecule is O=C1N/C(=N/O)S/C1=C/c1ccc(Br)cc1. The highest BCUT2D eigenvalue weighted by molar-refractivity contribution is 9.10. The van der Waals surface area contributed by atoms with Gasteiger partial charge < -0.3 is 5.21 Å². The molecule has 1 saturated heterocycles. The first-order valence-electron chi connectivity index (χ1n) is 4.37. The second-order valence-corrected chi connectivity index (χ2v) is 4.97. The van der Waals surface area contributed by atoms with Crippen LogP contribution in [0.5, 0.6) is 0 Å². The van der Waals surface area contributed by atoms with Gasteiger partial charge in [-0.25, -0.2) is 0 Å². The smallest absolute Gasteiger partial charge is 0.264 e. The van der Waals surface area contributed by atoms with Gasteiger partial charge in [0.2, 0.25) is 5.17 Å². The van der Waals surface area contributed by atoms with Crippen molar-refractivity contribution < 1.29 is 10.0 Å². The van der Waals surface area contributed by atoms with E-state index >= 15 is 0 Å². The van der Waals surface area contributed by atoms with Crippen LogP contribution in [0.3, 0.4) is 0 Å². The standard InChI is InChI=1S/C10H7BrN2O2S/c11-7-3-1-6(2-4-7)5-8-9(14)12-10(13-15)16-8/h1-5,15H,(H,12,13,14)/b8-5+. The number of amidine groups is 1. The Morgan fingerprint density at radius 2 is 2.06 bits per heavy atom. The number of carbonyl (C=O) groups excluding carboxylic acids is 1. The van der Waals surface area contributed by atoms with Gasteiger partial charge >= 0.3 is 0 Å². The predicted molar refractivity (Wildman–Crippen MR) is 67.1 cm³/mol. The molecule has 1 aliphatic heterocycles. The summed E-state index contributed by atoms with van der Waals surface area (Å²) >= 11 is 4.44. The van der Waals surface area contributed by atoms with Gasteiger partial charge in [0.05, 0.1) is 4.91 Å². The topological polar surface area (TPSA) is 61.7 Å². The van der Waals surface area contributed by atoms with Gasteiger partial charge in [-0.3, -0.25) is 10.1 Å². The minimum absolute atomic E-state index is 0.202. The van der Waals surface area contributed by atoms with E-state index in [1.165, 1.54) is 0 Å². The van der Waals surface area contributed by atoms with E-state index in [1.807, 2.05) is 24.3 Å². The number of oxime groups is 1. The van der Waals surface area contributed by atoms with E-state index in [1.54, 1.807) is 6.08 Å². The molecular formula is C10H7BrN2O2S.